The summed E-state index contributed by atoms with van der Waals surface area (Å²) in [6.45, 7) is 0.770. The van der Waals surface area contributed by atoms with Gasteiger partial charge in [0.1, 0.15) is 17.7 Å². The summed E-state index contributed by atoms with van der Waals surface area (Å²) >= 11 is 0. The van der Waals surface area contributed by atoms with Crippen LogP contribution in [-0.2, 0) is 0 Å². The Balaban J connectivity index is 1.72. The second kappa shape index (κ2) is 6.06. The largest absolute Gasteiger partial charge is 0.484 e. The van der Waals surface area contributed by atoms with Crippen LogP contribution < -0.4 is 10.1 Å². The number of halogens is 1. The Hall–Kier alpha value is -1.87. The minimum atomic E-state index is -0.246. The molecule has 1 N–H and O–H groups in total. The van der Waals surface area contributed by atoms with Crippen molar-refractivity contribution in [1.82, 2.24) is 5.32 Å². The lowest BCUT2D eigenvalue weighted by molar-refractivity contribution is 0.201. The first-order chi connectivity index (χ1) is 9.81. The van der Waals surface area contributed by atoms with Crippen molar-refractivity contribution in [3.63, 3.8) is 0 Å². The lowest BCUT2D eigenvalue weighted by Gasteiger charge is -2.20. The van der Waals surface area contributed by atoms with E-state index in [4.69, 9.17) is 4.74 Å². The summed E-state index contributed by atoms with van der Waals surface area (Å²) in [5, 5.41) is 3.49. The molecule has 0 aromatic heterocycles. The molecule has 1 fully saturated rings. The van der Waals surface area contributed by atoms with Crippen molar-refractivity contribution >= 4 is 0 Å². The molecule has 1 aliphatic rings. The summed E-state index contributed by atoms with van der Waals surface area (Å²) in [5.41, 5.74) is 1.13. The van der Waals surface area contributed by atoms with E-state index < -0.39 is 0 Å². The van der Waals surface area contributed by atoms with Crippen LogP contribution in [0, 0.1) is 5.82 Å². The molecule has 0 spiro atoms. The molecule has 1 aliphatic carbocycles. The van der Waals surface area contributed by atoms with Crippen molar-refractivity contribution in [1.29, 1.82) is 0 Å². The van der Waals surface area contributed by atoms with Crippen LogP contribution in [0.3, 0.4) is 0 Å². The number of nitrogens with one attached hydrogen (secondary N) is 1. The van der Waals surface area contributed by atoms with Gasteiger partial charge in [-0.05, 0) is 42.7 Å². The van der Waals surface area contributed by atoms with Gasteiger partial charge in [-0.15, -0.1) is 0 Å². The molecule has 20 heavy (non-hydrogen) atoms. The van der Waals surface area contributed by atoms with Gasteiger partial charge in [-0.2, -0.15) is 0 Å². The van der Waals surface area contributed by atoms with Crippen molar-refractivity contribution in [3.05, 3.63) is 66.0 Å². The highest BCUT2D eigenvalue weighted by Crippen LogP contribution is 2.24. The fourth-order valence-electron chi connectivity index (χ4n) is 2.13. The van der Waals surface area contributed by atoms with Crippen molar-refractivity contribution < 1.29 is 9.13 Å². The maximum atomic E-state index is 12.9. The average Bonchev–Trinajstić information content (AvgIpc) is 3.31. The molecule has 3 rings (SSSR count). The minimum Gasteiger partial charge on any atom is -0.484 e. The van der Waals surface area contributed by atoms with E-state index in [0.29, 0.717) is 11.8 Å². The molecule has 0 amide bonds. The first-order valence-corrected chi connectivity index (χ1v) is 7.02. The average molecular weight is 271 g/mol. The van der Waals surface area contributed by atoms with Crippen LogP contribution in [0.1, 0.15) is 24.5 Å². The maximum Gasteiger partial charge on any atom is 0.136 e. The molecule has 2 aromatic carbocycles. The summed E-state index contributed by atoms with van der Waals surface area (Å²) in [6, 6.07) is 16.9. The van der Waals surface area contributed by atoms with E-state index in [1.807, 2.05) is 18.2 Å². The minimum absolute atomic E-state index is 0.0535. The fourth-order valence-corrected chi connectivity index (χ4v) is 2.13. The molecule has 3 heteroatoms. The molecule has 1 unspecified atom stereocenters. The number of ether oxygens (including phenoxy) is 1. The lowest BCUT2D eigenvalue weighted by Crippen LogP contribution is -2.26. The quantitative estimate of drug-likeness (QED) is 0.865. The molecular weight excluding hydrogens is 253 g/mol. The van der Waals surface area contributed by atoms with Crippen molar-refractivity contribution in [2.24, 2.45) is 0 Å². The molecule has 0 saturated heterocycles. The van der Waals surface area contributed by atoms with Gasteiger partial charge in [0, 0.05) is 12.6 Å². The lowest BCUT2D eigenvalue weighted by atomic mass is 10.1. The first kappa shape index (κ1) is 13.1. The third-order valence-electron chi connectivity index (χ3n) is 3.43. The van der Waals surface area contributed by atoms with Gasteiger partial charge in [-0.25, -0.2) is 4.39 Å². The van der Waals surface area contributed by atoms with Gasteiger partial charge in [0.25, 0.3) is 0 Å². The standard InChI is InChI=1S/C17H18FNO/c18-14-6-10-16(11-7-14)20-17(12-19-15-8-9-15)13-4-2-1-3-5-13/h1-7,10-11,15,17,19H,8-9,12H2. The summed E-state index contributed by atoms with van der Waals surface area (Å²) in [6.07, 6.45) is 2.44. The van der Waals surface area contributed by atoms with Gasteiger partial charge in [-0.1, -0.05) is 30.3 Å². The van der Waals surface area contributed by atoms with Crippen molar-refractivity contribution in [3.8, 4) is 5.75 Å². The Morgan fingerprint density at radius 3 is 2.40 bits per heavy atom. The van der Waals surface area contributed by atoms with E-state index in [-0.39, 0.29) is 11.9 Å². The van der Waals surface area contributed by atoms with Crippen LogP contribution in [0.25, 0.3) is 0 Å². The topological polar surface area (TPSA) is 21.3 Å². The molecule has 0 radical (unpaired) electrons. The fraction of sp³-hybridized carbons (Fsp3) is 0.294. The van der Waals surface area contributed by atoms with E-state index in [1.54, 1.807) is 12.1 Å². The van der Waals surface area contributed by atoms with Crippen LogP contribution in [0.5, 0.6) is 5.75 Å². The second-order valence-corrected chi connectivity index (χ2v) is 5.15. The molecule has 1 saturated carbocycles. The van der Waals surface area contributed by atoms with Gasteiger partial charge < -0.3 is 10.1 Å². The zero-order chi connectivity index (χ0) is 13.8. The summed E-state index contributed by atoms with van der Waals surface area (Å²) < 4.78 is 18.9. The molecular formula is C17H18FNO. The Kier molecular flexibility index (Phi) is 3.97. The van der Waals surface area contributed by atoms with E-state index in [2.05, 4.69) is 17.4 Å². The molecule has 0 bridgehead atoms. The van der Waals surface area contributed by atoms with E-state index in [9.17, 15) is 4.39 Å². The summed E-state index contributed by atoms with van der Waals surface area (Å²) in [5.74, 6) is 0.447. The predicted octanol–water partition coefficient (Wildman–Crippen LogP) is 3.70. The summed E-state index contributed by atoms with van der Waals surface area (Å²) in [4.78, 5) is 0. The monoisotopic (exact) mass is 271 g/mol. The van der Waals surface area contributed by atoms with Crippen LogP contribution in [-0.4, -0.2) is 12.6 Å². The molecule has 0 aliphatic heterocycles. The van der Waals surface area contributed by atoms with Gasteiger partial charge in [0.15, 0.2) is 0 Å². The Morgan fingerprint density at radius 1 is 1.05 bits per heavy atom. The van der Waals surface area contributed by atoms with Gasteiger partial charge >= 0.3 is 0 Å². The zero-order valence-corrected chi connectivity index (χ0v) is 11.3. The maximum absolute atomic E-state index is 12.9. The predicted molar refractivity (Wildman–Crippen MR) is 77.2 cm³/mol. The number of hydrogen-bond acceptors (Lipinski definition) is 2. The van der Waals surface area contributed by atoms with E-state index >= 15 is 0 Å². The van der Waals surface area contributed by atoms with Crippen LogP contribution >= 0.6 is 0 Å². The smallest absolute Gasteiger partial charge is 0.136 e. The first-order valence-electron chi connectivity index (χ1n) is 7.02. The third-order valence-corrected chi connectivity index (χ3v) is 3.43. The highest BCUT2D eigenvalue weighted by atomic mass is 19.1. The highest BCUT2D eigenvalue weighted by molar-refractivity contribution is 5.25. The van der Waals surface area contributed by atoms with E-state index in [0.717, 1.165) is 12.1 Å². The third kappa shape index (κ3) is 3.58. The molecule has 104 valence electrons. The number of rotatable bonds is 6. The molecule has 2 aromatic rings. The van der Waals surface area contributed by atoms with Crippen LogP contribution in [0.2, 0.25) is 0 Å². The van der Waals surface area contributed by atoms with Crippen LogP contribution in [0.15, 0.2) is 54.6 Å². The van der Waals surface area contributed by atoms with Crippen LogP contribution in [0.4, 0.5) is 4.39 Å². The Morgan fingerprint density at radius 2 is 1.75 bits per heavy atom. The van der Waals surface area contributed by atoms with Gasteiger partial charge in [0.05, 0.1) is 0 Å². The molecule has 0 heterocycles. The second-order valence-electron chi connectivity index (χ2n) is 5.15. The SMILES string of the molecule is Fc1ccc(OC(CNC2CC2)c2ccccc2)cc1. The highest BCUT2D eigenvalue weighted by Gasteiger charge is 2.23. The zero-order valence-electron chi connectivity index (χ0n) is 11.3. The number of benzene rings is 2. The van der Waals surface area contributed by atoms with Gasteiger partial charge in [0.2, 0.25) is 0 Å². The molecule has 2 nitrogen and oxygen atoms in total. The number of hydrogen-bond donors (Lipinski definition) is 1. The molecule has 1 atom stereocenters. The Bertz CT molecular complexity index is 537. The Labute approximate surface area is 118 Å². The van der Waals surface area contributed by atoms with E-state index in [1.165, 1.54) is 25.0 Å². The van der Waals surface area contributed by atoms with Gasteiger partial charge in [-0.3, -0.25) is 0 Å². The van der Waals surface area contributed by atoms with Crippen molar-refractivity contribution in [2.75, 3.05) is 6.54 Å². The summed E-state index contributed by atoms with van der Waals surface area (Å²) in [7, 11) is 0. The normalized spacial score (nSPS) is 15.8. The van der Waals surface area contributed by atoms with Crippen molar-refractivity contribution in [2.45, 2.75) is 25.0 Å².